The van der Waals surface area contributed by atoms with Gasteiger partial charge in [0.15, 0.2) is 0 Å². The maximum absolute atomic E-state index is 13.0. The predicted molar refractivity (Wildman–Crippen MR) is 137 cm³/mol. The van der Waals surface area contributed by atoms with Gasteiger partial charge < -0.3 is 4.74 Å². The van der Waals surface area contributed by atoms with Crippen molar-refractivity contribution in [1.82, 2.24) is 0 Å². The van der Waals surface area contributed by atoms with Gasteiger partial charge in [-0.1, -0.05) is 114 Å². The maximum atomic E-state index is 13.0. The second kappa shape index (κ2) is 12.6. The normalized spacial score (nSPS) is 13.3. The number of rotatable bonds is 14. The van der Waals surface area contributed by atoms with Crippen LogP contribution in [0, 0.1) is 0 Å². The molecule has 172 valence electrons. The van der Waals surface area contributed by atoms with Gasteiger partial charge in [0.05, 0.1) is 0 Å². The lowest BCUT2D eigenvalue weighted by Gasteiger charge is -2.12. The molecule has 0 saturated carbocycles. The number of esters is 1. The maximum Gasteiger partial charge on any atom is 0.339 e. The van der Waals surface area contributed by atoms with Crippen LogP contribution in [0.4, 0.5) is 0 Å². The minimum Gasteiger partial charge on any atom is -0.422 e. The van der Waals surface area contributed by atoms with Crippen LogP contribution in [0.3, 0.4) is 0 Å². The number of carbonyl (C=O) groups is 1. The SMILES string of the molecule is CCCCCCCCCCCCC(C)=C(CC)C(=O)OC1=Cc2cccc3cccc1c23. The van der Waals surface area contributed by atoms with E-state index < -0.39 is 0 Å². The van der Waals surface area contributed by atoms with Crippen molar-refractivity contribution in [3.05, 3.63) is 58.7 Å². The van der Waals surface area contributed by atoms with Crippen LogP contribution in [0.2, 0.25) is 0 Å². The van der Waals surface area contributed by atoms with Gasteiger partial charge in [-0.25, -0.2) is 4.79 Å². The lowest BCUT2D eigenvalue weighted by molar-refractivity contribution is -0.132. The van der Waals surface area contributed by atoms with E-state index in [0.717, 1.165) is 29.5 Å². The second-order valence-corrected chi connectivity index (χ2v) is 9.19. The molecule has 0 N–H and O–H groups in total. The van der Waals surface area contributed by atoms with Crippen LogP contribution in [-0.2, 0) is 9.53 Å². The number of unbranched alkanes of at least 4 members (excludes halogenated alkanes) is 9. The molecule has 0 bridgehead atoms. The van der Waals surface area contributed by atoms with Gasteiger partial charge >= 0.3 is 5.97 Å². The number of ether oxygens (including phenoxy) is 1. The monoisotopic (exact) mass is 432 g/mol. The fourth-order valence-electron chi connectivity index (χ4n) is 4.81. The Morgan fingerprint density at radius 2 is 1.44 bits per heavy atom. The molecular formula is C30H40O2. The molecule has 0 aromatic heterocycles. The molecule has 0 heterocycles. The molecule has 0 spiro atoms. The highest BCUT2D eigenvalue weighted by atomic mass is 16.5. The predicted octanol–water partition coefficient (Wildman–Crippen LogP) is 9.23. The number of allylic oxidation sites excluding steroid dienone is 1. The fourth-order valence-corrected chi connectivity index (χ4v) is 4.81. The lowest BCUT2D eigenvalue weighted by Crippen LogP contribution is -2.08. The van der Waals surface area contributed by atoms with Crippen molar-refractivity contribution in [3.63, 3.8) is 0 Å². The van der Waals surface area contributed by atoms with Crippen molar-refractivity contribution in [2.24, 2.45) is 0 Å². The highest BCUT2D eigenvalue weighted by molar-refractivity contribution is 6.09. The summed E-state index contributed by atoms with van der Waals surface area (Å²) in [5.74, 6) is 0.493. The molecule has 0 aliphatic heterocycles. The molecule has 0 saturated heterocycles. The van der Waals surface area contributed by atoms with E-state index in [9.17, 15) is 4.79 Å². The zero-order chi connectivity index (χ0) is 22.8. The van der Waals surface area contributed by atoms with Gasteiger partial charge in [0.25, 0.3) is 0 Å². The van der Waals surface area contributed by atoms with Crippen LogP contribution in [0.5, 0.6) is 0 Å². The first-order valence-electron chi connectivity index (χ1n) is 12.8. The first-order valence-corrected chi connectivity index (χ1v) is 12.8. The zero-order valence-electron chi connectivity index (χ0n) is 20.3. The minimum absolute atomic E-state index is 0.187. The van der Waals surface area contributed by atoms with Crippen molar-refractivity contribution < 1.29 is 9.53 Å². The van der Waals surface area contributed by atoms with Crippen molar-refractivity contribution in [3.8, 4) is 0 Å². The minimum atomic E-state index is -0.187. The molecule has 1 aliphatic carbocycles. The van der Waals surface area contributed by atoms with E-state index in [2.05, 4.69) is 45.0 Å². The number of carbonyl (C=O) groups excluding carboxylic acids is 1. The first kappa shape index (κ1) is 24.3. The molecule has 0 radical (unpaired) electrons. The van der Waals surface area contributed by atoms with Gasteiger partial charge in [0, 0.05) is 11.1 Å². The van der Waals surface area contributed by atoms with Crippen LogP contribution in [0.15, 0.2) is 47.5 Å². The zero-order valence-corrected chi connectivity index (χ0v) is 20.3. The Bertz CT molecular complexity index is 959. The third kappa shape index (κ3) is 6.34. The molecule has 0 fully saturated rings. The number of hydrogen-bond donors (Lipinski definition) is 0. The molecule has 0 unspecified atom stereocenters. The third-order valence-electron chi connectivity index (χ3n) is 6.71. The molecule has 2 aromatic rings. The van der Waals surface area contributed by atoms with Crippen molar-refractivity contribution in [2.45, 2.75) is 97.8 Å². The highest BCUT2D eigenvalue weighted by Gasteiger charge is 2.22. The first-order chi connectivity index (χ1) is 15.7. The summed E-state index contributed by atoms with van der Waals surface area (Å²) in [6.07, 6.45) is 17.0. The smallest absolute Gasteiger partial charge is 0.339 e. The summed E-state index contributed by atoms with van der Waals surface area (Å²) in [5, 5.41) is 2.37. The summed E-state index contributed by atoms with van der Waals surface area (Å²) in [4.78, 5) is 13.0. The van der Waals surface area contributed by atoms with Crippen molar-refractivity contribution in [1.29, 1.82) is 0 Å². The van der Waals surface area contributed by atoms with Crippen LogP contribution >= 0.6 is 0 Å². The summed E-state index contributed by atoms with van der Waals surface area (Å²) in [5.41, 5.74) is 4.18. The summed E-state index contributed by atoms with van der Waals surface area (Å²) in [6.45, 7) is 6.43. The molecule has 2 heteroatoms. The van der Waals surface area contributed by atoms with Crippen LogP contribution in [-0.4, -0.2) is 5.97 Å². The van der Waals surface area contributed by atoms with E-state index in [1.807, 2.05) is 18.2 Å². The van der Waals surface area contributed by atoms with Gasteiger partial charge in [-0.2, -0.15) is 0 Å². The van der Waals surface area contributed by atoms with Crippen molar-refractivity contribution >= 4 is 28.6 Å². The van der Waals surface area contributed by atoms with E-state index in [-0.39, 0.29) is 5.97 Å². The standard InChI is InChI=1S/C30H40O2/c1-4-6-7-8-9-10-11-12-13-14-17-23(3)26(5-2)30(31)32-28-22-25-20-15-18-24-19-16-21-27(28)29(24)25/h15-16,18-22H,4-14,17H2,1-3H3. The van der Waals surface area contributed by atoms with Crippen LogP contribution in [0.25, 0.3) is 22.6 Å². The summed E-state index contributed by atoms with van der Waals surface area (Å²) in [7, 11) is 0. The third-order valence-corrected chi connectivity index (χ3v) is 6.71. The summed E-state index contributed by atoms with van der Waals surface area (Å²) >= 11 is 0. The highest BCUT2D eigenvalue weighted by Crippen LogP contribution is 2.37. The van der Waals surface area contributed by atoms with Gasteiger partial charge in [-0.15, -0.1) is 0 Å². The van der Waals surface area contributed by atoms with Crippen molar-refractivity contribution in [2.75, 3.05) is 0 Å². The Kier molecular flexibility index (Phi) is 9.59. The summed E-state index contributed by atoms with van der Waals surface area (Å²) < 4.78 is 5.92. The molecule has 3 rings (SSSR count). The molecule has 32 heavy (non-hydrogen) atoms. The average molecular weight is 433 g/mol. The van der Waals surface area contributed by atoms with E-state index in [1.165, 1.54) is 74.1 Å². The second-order valence-electron chi connectivity index (χ2n) is 9.19. The van der Waals surface area contributed by atoms with E-state index in [0.29, 0.717) is 12.2 Å². The Labute approximate surface area is 194 Å². The quantitative estimate of drug-likeness (QED) is 0.169. The molecule has 1 aliphatic rings. The molecule has 2 aromatic carbocycles. The number of benzene rings is 2. The Hall–Kier alpha value is -2.35. The van der Waals surface area contributed by atoms with E-state index in [1.54, 1.807) is 0 Å². The van der Waals surface area contributed by atoms with E-state index >= 15 is 0 Å². The van der Waals surface area contributed by atoms with Gasteiger partial charge in [0.2, 0.25) is 0 Å². The lowest BCUT2D eigenvalue weighted by atomic mass is 10.00. The van der Waals surface area contributed by atoms with Crippen LogP contribution in [0.1, 0.15) is 109 Å². The number of hydrogen-bond acceptors (Lipinski definition) is 2. The molecular weight excluding hydrogens is 392 g/mol. The van der Waals surface area contributed by atoms with Gasteiger partial charge in [0.1, 0.15) is 5.76 Å². The molecule has 0 amide bonds. The average Bonchev–Trinajstić information content (AvgIpc) is 3.15. The Morgan fingerprint density at radius 3 is 2.09 bits per heavy atom. The Morgan fingerprint density at radius 1 is 0.812 bits per heavy atom. The summed E-state index contributed by atoms with van der Waals surface area (Å²) in [6, 6.07) is 12.4. The topological polar surface area (TPSA) is 26.3 Å². The van der Waals surface area contributed by atoms with Gasteiger partial charge in [-0.05, 0) is 48.6 Å². The fraction of sp³-hybridized carbons (Fsp3) is 0.500. The molecule has 0 atom stereocenters. The van der Waals surface area contributed by atoms with E-state index in [4.69, 9.17) is 4.74 Å². The van der Waals surface area contributed by atoms with Gasteiger partial charge in [-0.3, -0.25) is 0 Å². The molecule has 2 nitrogen and oxygen atoms in total. The van der Waals surface area contributed by atoms with Crippen LogP contribution < -0.4 is 0 Å². The largest absolute Gasteiger partial charge is 0.422 e. The Balaban J connectivity index is 1.47.